The van der Waals surface area contributed by atoms with Crippen molar-refractivity contribution in [3.05, 3.63) is 40.4 Å². The number of benzene rings is 1. The van der Waals surface area contributed by atoms with Crippen LogP contribution >= 0.6 is 11.8 Å². The summed E-state index contributed by atoms with van der Waals surface area (Å²) in [6, 6.07) is 9.60. The van der Waals surface area contributed by atoms with Crippen molar-refractivity contribution >= 4 is 23.4 Å². The fourth-order valence-electron chi connectivity index (χ4n) is 1.46. The molecule has 0 aliphatic carbocycles. The summed E-state index contributed by atoms with van der Waals surface area (Å²) in [5, 5.41) is 12.7. The van der Waals surface area contributed by atoms with Crippen LogP contribution in [0.2, 0.25) is 0 Å². The summed E-state index contributed by atoms with van der Waals surface area (Å²) in [7, 11) is 0. The predicted molar refractivity (Wildman–Crippen MR) is 77.6 cm³/mol. The molecule has 1 N–H and O–H groups in total. The van der Waals surface area contributed by atoms with Crippen LogP contribution in [0.4, 0.5) is 5.69 Å². The standard InChI is InChI=1S/C14H16N2O2S/c1-4-18-14(17)12(9-15)13(19-3)16-11-7-5-6-10(2)8-11/h5-8,16H,4H2,1-3H3/b13-12+. The lowest BCUT2D eigenvalue weighted by atomic mass is 10.2. The summed E-state index contributed by atoms with van der Waals surface area (Å²) in [5.41, 5.74) is 1.93. The molecule has 0 aromatic heterocycles. The van der Waals surface area contributed by atoms with Crippen LogP contribution in [0, 0.1) is 18.3 Å². The van der Waals surface area contributed by atoms with Crippen LogP contribution in [0.15, 0.2) is 34.9 Å². The second-order valence-corrected chi connectivity index (χ2v) is 4.55. The topological polar surface area (TPSA) is 62.1 Å². The highest BCUT2D eigenvalue weighted by Crippen LogP contribution is 2.21. The largest absolute Gasteiger partial charge is 0.462 e. The van der Waals surface area contributed by atoms with Gasteiger partial charge in [0.25, 0.3) is 0 Å². The van der Waals surface area contributed by atoms with Crippen molar-refractivity contribution in [2.75, 3.05) is 18.2 Å². The van der Waals surface area contributed by atoms with E-state index in [1.807, 2.05) is 37.3 Å². The molecule has 0 unspecified atom stereocenters. The Morgan fingerprint density at radius 1 is 1.53 bits per heavy atom. The molecule has 100 valence electrons. The first-order chi connectivity index (χ1) is 9.12. The maximum atomic E-state index is 11.7. The lowest BCUT2D eigenvalue weighted by molar-refractivity contribution is -0.138. The van der Waals surface area contributed by atoms with Gasteiger partial charge in [-0.2, -0.15) is 5.26 Å². The minimum Gasteiger partial charge on any atom is -0.462 e. The summed E-state index contributed by atoms with van der Waals surface area (Å²) in [6.07, 6.45) is 1.80. The summed E-state index contributed by atoms with van der Waals surface area (Å²) >= 11 is 1.30. The Hall–Kier alpha value is -1.93. The van der Waals surface area contributed by atoms with Gasteiger partial charge in [0.15, 0.2) is 5.57 Å². The van der Waals surface area contributed by atoms with E-state index < -0.39 is 5.97 Å². The fourth-order valence-corrected chi connectivity index (χ4v) is 2.01. The molecule has 0 heterocycles. The third-order valence-electron chi connectivity index (χ3n) is 2.30. The van der Waals surface area contributed by atoms with E-state index in [4.69, 9.17) is 10.00 Å². The Balaban J connectivity index is 3.04. The number of carbonyl (C=O) groups is 1. The quantitative estimate of drug-likeness (QED) is 0.509. The van der Waals surface area contributed by atoms with Crippen molar-refractivity contribution in [3.8, 4) is 6.07 Å². The van der Waals surface area contributed by atoms with Crippen molar-refractivity contribution in [1.29, 1.82) is 5.26 Å². The van der Waals surface area contributed by atoms with Gasteiger partial charge < -0.3 is 10.1 Å². The summed E-state index contributed by atoms with van der Waals surface area (Å²) < 4.78 is 4.87. The van der Waals surface area contributed by atoms with E-state index in [0.717, 1.165) is 11.3 Å². The molecule has 0 bridgehead atoms. The number of hydrogen-bond acceptors (Lipinski definition) is 5. The Labute approximate surface area is 117 Å². The highest BCUT2D eigenvalue weighted by Gasteiger charge is 2.16. The molecule has 0 atom stereocenters. The van der Waals surface area contributed by atoms with Gasteiger partial charge in [-0.3, -0.25) is 0 Å². The normalized spacial score (nSPS) is 11.3. The Morgan fingerprint density at radius 3 is 2.79 bits per heavy atom. The number of ether oxygens (including phenoxy) is 1. The van der Waals surface area contributed by atoms with Gasteiger partial charge in [-0.05, 0) is 37.8 Å². The van der Waals surface area contributed by atoms with Crippen LogP contribution in [-0.2, 0) is 9.53 Å². The molecule has 1 aromatic carbocycles. The molecule has 0 saturated heterocycles. The molecular formula is C14H16N2O2S. The van der Waals surface area contributed by atoms with Gasteiger partial charge in [0.05, 0.1) is 11.6 Å². The van der Waals surface area contributed by atoms with Crippen LogP contribution in [0.25, 0.3) is 0 Å². The monoisotopic (exact) mass is 276 g/mol. The molecule has 1 aromatic rings. The first kappa shape index (κ1) is 15.1. The molecular weight excluding hydrogens is 260 g/mol. The number of anilines is 1. The molecule has 0 aliphatic rings. The van der Waals surface area contributed by atoms with Crippen molar-refractivity contribution in [2.24, 2.45) is 0 Å². The molecule has 19 heavy (non-hydrogen) atoms. The van der Waals surface area contributed by atoms with Gasteiger partial charge in [-0.25, -0.2) is 4.79 Å². The second kappa shape index (κ2) is 7.49. The number of carbonyl (C=O) groups excluding carboxylic acids is 1. The molecule has 0 amide bonds. The molecule has 5 heteroatoms. The van der Waals surface area contributed by atoms with Gasteiger partial charge >= 0.3 is 5.97 Å². The van der Waals surface area contributed by atoms with Crippen LogP contribution in [0.3, 0.4) is 0 Å². The maximum Gasteiger partial charge on any atom is 0.351 e. The average Bonchev–Trinajstić information content (AvgIpc) is 2.38. The summed E-state index contributed by atoms with van der Waals surface area (Å²) in [5.74, 6) is -0.602. The molecule has 4 nitrogen and oxygen atoms in total. The van der Waals surface area contributed by atoms with Gasteiger partial charge in [0, 0.05) is 5.69 Å². The van der Waals surface area contributed by atoms with E-state index in [9.17, 15) is 4.79 Å². The smallest absolute Gasteiger partial charge is 0.351 e. The zero-order valence-corrected chi connectivity index (χ0v) is 12.0. The number of esters is 1. The molecule has 0 aliphatic heterocycles. The van der Waals surface area contributed by atoms with E-state index in [0.29, 0.717) is 5.03 Å². The molecule has 0 fully saturated rings. The number of rotatable bonds is 5. The van der Waals surface area contributed by atoms with Gasteiger partial charge in [0.2, 0.25) is 0 Å². The number of hydrogen-bond donors (Lipinski definition) is 1. The highest BCUT2D eigenvalue weighted by atomic mass is 32.2. The van der Waals surface area contributed by atoms with Crippen molar-refractivity contribution in [1.82, 2.24) is 0 Å². The minimum atomic E-state index is -0.602. The van der Waals surface area contributed by atoms with Gasteiger partial charge in [-0.1, -0.05) is 12.1 Å². The SMILES string of the molecule is CCOC(=O)/C(C#N)=C(\Nc1cccc(C)c1)SC. The third kappa shape index (κ3) is 4.34. The number of aryl methyl sites for hydroxylation is 1. The minimum absolute atomic E-state index is 0.00384. The van der Waals surface area contributed by atoms with E-state index >= 15 is 0 Å². The van der Waals surface area contributed by atoms with Crippen LogP contribution in [0.1, 0.15) is 12.5 Å². The van der Waals surface area contributed by atoms with E-state index in [2.05, 4.69) is 5.32 Å². The zero-order valence-electron chi connectivity index (χ0n) is 11.2. The fraction of sp³-hybridized carbons (Fsp3) is 0.286. The van der Waals surface area contributed by atoms with Gasteiger partial charge in [-0.15, -0.1) is 11.8 Å². The van der Waals surface area contributed by atoms with E-state index in [-0.39, 0.29) is 12.2 Å². The van der Waals surface area contributed by atoms with Crippen LogP contribution in [0.5, 0.6) is 0 Å². The Kier molecular flexibility index (Phi) is 5.97. The van der Waals surface area contributed by atoms with Crippen molar-refractivity contribution < 1.29 is 9.53 Å². The van der Waals surface area contributed by atoms with E-state index in [1.54, 1.807) is 13.2 Å². The maximum absolute atomic E-state index is 11.7. The molecule has 0 saturated carbocycles. The zero-order chi connectivity index (χ0) is 14.3. The summed E-state index contributed by atoms with van der Waals surface area (Å²) in [4.78, 5) is 11.7. The van der Waals surface area contributed by atoms with E-state index in [1.165, 1.54) is 11.8 Å². The lowest BCUT2D eigenvalue weighted by Crippen LogP contribution is -2.11. The molecule has 1 rings (SSSR count). The first-order valence-corrected chi connectivity index (χ1v) is 7.04. The van der Waals surface area contributed by atoms with Crippen molar-refractivity contribution in [3.63, 3.8) is 0 Å². The average molecular weight is 276 g/mol. The Bertz CT molecular complexity index is 532. The van der Waals surface area contributed by atoms with Crippen molar-refractivity contribution in [2.45, 2.75) is 13.8 Å². The lowest BCUT2D eigenvalue weighted by Gasteiger charge is -2.11. The highest BCUT2D eigenvalue weighted by molar-refractivity contribution is 8.02. The van der Waals surface area contributed by atoms with Crippen LogP contribution < -0.4 is 5.32 Å². The number of nitrogens with zero attached hydrogens (tertiary/aromatic N) is 1. The molecule has 0 radical (unpaired) electrons. The molecule has 0 spiro atoms. The first-order valence-electron chi connectivity index (χ1n) is 5.81. The van der Waals surface area contributed by atoms with Crippen LogP contribution in [-0.4, -0.2) is 18.8 Å². The third-order valence-corrected chi connectivity index (χ3v) is 3.01. The summed E-state index contributed by atoms with van der Waals surface area (Å²) in [6.45, 7) is 3.93. The number of thioether (sulfide) groups is 1. The Morgan fingerprint density at radius 2 is 2.26 bits per heavy atom. The number of nitriles is 1. The second-order valence-electron chi connectivity index (χ2n) is 3.74. The van der Waals surface area contributed by atoms with Gasteiger partial charge in [0.1, 0.15) is 6.07 Å². The predicted octanol–water partition coefficient (Wildman–Crippen LogP) is 3.07. The number of nitrogens with one attached hydrogen (secondary N) is 1.